The lowest BCUT2D eigenvalue weighted by atomic mass is 9.85. The van der Waals surface area contributed by atoms with E-state index in [0.717, 1.165) is 25.7 Å². The quantitative estimate of drug-likeness (QED) is 0.901. The number of hydrogen-bond donors (Lipinski definition) is 1. The molecule has 4 heteroatoms. The van der Waals surface area contributed by atoms with Crippen molar-refractivity contribution in [2.45, 2.75) is 37.7 Å². The second kappa shape index (κ2) is 5.47. The van der Waals surface area contributed by atoms with Crippen LogP contribution in [0, 0.1) is 0 Å². The molecule has 1 aliphatic carbocycles. The molecule has 0 aliphatic heterocycles. The molecular formula is C13H16Cl2O2. The molecule has 94 valence electrons. The van der Waals surface area contributed by atoms with E-state index in [1.807, 2.05) is 0 Å². The molecule has 0 saturated heterocycles. The highest BCUT2D eigenvalue weighted by atomic mass is 35.5. The first-order valence-electron chi connectivity index (χ1n) is 5.89. The smallest absolute Gasteiger partial charge is 0.139 e. The second-order valence-electron chi connectivity index (χ2n) is 4.65. The topological polar surface area (TPSA) is 29.5 Å². The lowest BCUT2D eigenvalue weighted by Crippen LogP contribution is -2.37. The maximum Gasteiger partial charge on any atom is 0.139 e. The third-order valence-electron chi connectivity index (χ3n) is 3.17. The lowest BCUT2D eigenvalue weighted by Gasteiger charge is -2.31. The van der Waals surface area contributed by atoms with Crippen molar-refractivity contribution >= 4 is 23.2 Å². The zero-order chi connectivity index (χ0) is 12.3. The average Bonchev–Trinajstić information content (AvgIpc) is 2.31. The van der Waals surface area contributed by atoms with E-state index in [1.165, 1.54) is 6.42 Å². The van der Waals surface area contributed by atoms with Gasteiger partial charge >= 0.3 is 0 Å². The zero-order valence-corrected chi connectivity index (χ0v) is 11.1. The molecule has 2 rings (SSSR count). The molecule has 0 unspecified atom stereocenters. The second-order valence-corrected chi connectivity index (χ2v) is 5.49. The summed E-state index contributed by atoms with van der Waals surface area (Å²) >= 11 is 11.9. The Labute approximate surface area is 111 Å². The Morgan fingerprint density at radius 2 is 1.88 bits per heavy atom. The number of aliphatic hydroxyl groups is 1. The summed E-state index contributed by atoms with van der Waals surface area (Å²) in [5.74, 6) is 0.540. The molecule has 0 atom stereocenters. The summed E-state index contributed by atoms with van der Waals surface area (Å²) in [4.78, 5) is 0. The molecule has 1 N–H and O–H groups in total. The molecule has 1 aliphatic rings. The predicted molar refractivity (Wildman–Crippen MR) is 70.0 cm³/mol. The van der Waals surface area contributed by atoms with Crippen LogP contribution in [-0.4, -0.2) is 17.3 Å². The fourth-order valence-corrected chi connectivity index (χ4v) is 2.49. The van der Waals surface area contributed by atoms with Crippen molar-refractivity contribution in [3.63, 3.8) is 0 Å². The van der Waals surface area contributed by atoms with Crippen molar-refractivity contribution < 1.29 is 9.84 Å². The van der Waals surface area contributed by atoms with Gasteiger partial charge in [0.2, 0.25) is 0 Å². The van der Waals surface area contributed by atoms with Crippen LogP contribution in [0.1, 0.15) is 32.1 Å². The maximum atomic E-state index is 10.3. The molecule has 0 heterocycles. The standard InChI is InChI=1S/C13H16Cl2O2/c14-10-4-5-11(15)12(8-10)17-9-13(16)6-2-1-3-7-13/h4-5,8,16H,1-3,6-7,9H2. The van der Waals surface area contributed by atoms with Gasteiger partial charge in [-0.15, -0.1) is 0 Å². The first kappa shape index (κ1) is 13.0. The van der Waals surface area contributed by atoms with Crippen LogP contribution < -0.4 is 4.74 Å². The fraction of sp³-hybridized carbons (Fsp3) is 0.538. The highest BCUT2D eigenvalue weighted by Gasteiger charge is 2.30. The molecule has 0 amide bonds. The van der Waals surface area contributed by atoms with Crippen molar-refractivity contribution in [1.29, 1.82) is 0 Å². The number of ether oxygens (including phenoxy) is 1. The average molecular weight is 275 g/mol. The minimum absolute atomic E-state index is 0.285. The van der Waals surface area contributed by atoms with E-state index in [-0.39, 0.29) is 6.61 Å². The molecule has 1 saturated carbocycles. The molecule has 17 heavy (non-hydrogen) atoms. The van der Waals surface area contributed by atoms with E-state index in [4.69, 9.17) is 27.9 Å². The Kier molecular flexibility index (Phi) is 4.18. The Bertz CT molecular complexity index is 387. The number of benzene rings is 1. The summed E-state index contributed by atoms with van der Waals surface area (Å²) in [7, 11) is 0. The van der Waals surface area contributed by atoms with E-state index in [2.05, 4.69) is 0 Å². The van der Waals surface area contributed by atoms with Crippen LogP contribution in [0.5, 0.6) is 5.75 Å². The third-order valence-corrected chi connectivity index (χ3v) is 3.72. The van der Waals surface area contributed by atoms with Crippen LogP contribution in [-0.2, 0) is 0 Å². The minimum atomic E-state index is -0.704. The molecule has 1 aromatic carbocycles. The van der Waals surface area contributed by atoms with Crippen LogP contribution in [0.2, 0.25) is 10.0 Å². The summed E-state index contributed by atoms with van der Waals surface area (Å²) < 4.78 is 5.59. The molecule has 0 aromatic heterocycles. The predicted octanol–water partition coefficient (Wildman–Crippen LogP) is 4.07. The van der Waals surface area contributed by atoms with Gasteiger partial charge in [-0.05, 0) is 25.0 Å². The molecule has 0 radical (unpaired) electrons. The number of hydrogen-bond acceptors (Lipinski definition) is 2. The van der Waals surface area contributed by atoms with Gasteiger partial charge in [0, 0.05) is 11.1 Å². The number of halogens is 2. The fourth-order valence-electron chi connectivity index (χ4n) is 2.15. The van der Waals surface area contributed by atoms with Gasteiger partial charge in [-0.1, -0.05) is 42.5 Å². The van der Waals surface area contributed by atoms with Gasteiger partial charge in [-0.2, -0.15) is 0 Å². The summed E-state index contributed by atoms with van der Waals surface area (Å²) in [6.45, 7) is 0.285. The van der Waals surface area contributed by atoms with Gasteiger partial charge in [-0.3, -0.25) is 0 Å². The van der Waals surface area contributed by atoms with Gasteiger partial charge < -0.3 is 9.84 Å². The van der Waals surface area contributed by atoms with Crippen LogP contribution in [0.15, 0.2) is 18.2 Å². The SMILES string of the molecule is OC1(COc2cc(Cl)ccc2Cl)CCCCC1. The van der Waals surface area contributed by atoms with Crippen LogP contribution in [0.3, 0.4) is 0 Å². The highest BCUT2D eigenvalue weighted by molar-refractivity contribution is 6.34. The third kappa shape index (κ3) is 3.51. The largest absolute Gasteiger partial charge is 0.489 e. The normalized spacial score (nSPS) is 19.0. The van der Waals surface area contributed by atoms with Crippen molar-refractivity contribution in [3.05, 3.63) is 28.2 Å². The van der Waals surface area contributed by atoms with E-state index in [9.17, 15) is 5.11 Å². The Balaban J connectivity index is 1.99. The lowest BCUT2D eigenvalue weighted by molar-refractivity contribution is -0.0338. The van der Waals surface area contributed by atoms with E-state index >= 15 is 0 Å². The molecular weight excluding hydrogens is 259 g/mol. The van der Waals surface area contributed by atoms with Gasteiger partial charge in [0.15, 0.2) is 0 Å². The summed E-state index contributed by atoms with van der Waals surface area (Å²) in [5, 5.41) is 11.4. The molecule has 0 bridgehead atoms. The molecule has 2 nitrogen and oxygen atoms in total. The summed E-state index contributed by atoms with van der Waals surface area (Å²) in [5.41, 5.74) is -0.704. The first-order valence-corrected chi connectivity index (χ1v) is 6.65. The summed E-state index contributed by atoms with van der Waals surface area (Å²) in [6.07, 6.45) is 4.91. The Morgan fingerprint density at radius 3 is 2.59 bits per heavy atom. The van der Waals surface area contributed by atoms with Crippen LogP contribution in [0.4, 0.5) is 0 Å². The molecule has 1 aromatic rings. The van der Waals surface area contributed by atoms with Crippen LogP contribution in [0.25, 0.3) is 0 Å². The Morgan fingerprint density at radius 1 is 1.18 bits per heavy atom. The first-order chi connectivity index (χ1) is 8.09. The van der Waals surface area contributed by atoms with Crippen molar-refractivity contribution in [2.75, 3.05) is 6.61 Å². The van der Waals surface area contributed by atoms with Gasteiger partial charge in [0.1, 0.15) is 12.4 Å². The summed E-state index contributed by atoms with van der Waals surface area (Å²) in [6, 6.07) is 5.09. The molecule has 0 spiro atoms. The van der Waals surface area contributed by atoms with Crippen molar-refractivity contribution in [2.24, 2.45) is 0 Å². The highest BCUT2D eigenvalue weighted by Crippen LogP contribution is 2.32. The van der Waals surface area contributed by atoms with Gasteiger partial charge in [-0.25, -0.2) is 0 Å². The molecule has 1 fully saturated rings. The monoisotopic (exact) mass is 274 g/mol. The van der Waals surface area contributed by atoms with Crippen molar-refractivity contribution in [3.8, 4) is 5.75 Å². The van der Waals surface area contributed by atoms with Gasteiger partial charge in [0.25, 0.3) is 0 Å². The minimum Gasteiger partial charge on any atom is -0.489 e. The van der Waals surface area contributed by atoms with E-state index in [1.54, 1.807) is 18.2 Å². The van der Waals surface area contributed by atoms with E-state index in [0.29, 0.717) is 15.8 Å². The number of rotatable bonds is 3. The maximum absolute atomic E-state index is 10.3. The van der Waals surface area contributed by atoms with E-state index < -0.39 is 5.60 Å². The Hall–Kier alpha value is -0.440. The van der Waals surface area contributed by atoms with Crippen molar-refractivity contribution in [1.82, 2.24) is 0 Å². The zero-order valence-electron chi connectivity index (χ0n) is 9.59. The van der Waals surface area contributed by atoms with Gasteiger partial charge in [0.05, 0.1) is 10.6 Å². The van der Waals surface area contributed by atoms with Crippen LogP contribution >= 0.6 is 23.2 Å².